The molecule has 0 saturated heterocycles. The highest BCUT2D eigenvalue weighted by Gasteiger charge is 2.17. The van der Waals surface area contributed by atoms with Crippen molar-refractivity contribution >= 4 is 34.5 Å². The summed E-state index contributed by atoms with van der Waals surface area (Å²) in [5.41, 5.74) is 12.2. The highest BCUT2D eigenvalue weighted by Crippen LogP contribution is 2.33. The summed E-state index contributed by atoms with van der Waals surface area (Å²) in [6.07, 6.45) is 42.7. The number of para-hydroxylation sites is 2. The first-order valence-electron chi connectivity index (χ1n) is 19.8. The first-order chi connectivity index (χ1) is 27.7. The van der Waals surface area contributed by atoms with Crippen LogP contribution in [0.1, 0.15) is 82.8 Å². The predicted molar refractivity (Wildman–Crippen MR) is 249 cm³/mol. The number of nitrogens with zero attached hydrogens (tertiary/aromatic N) is 2. The van der Waals surface area contributed by atoms with Crippen LogP contribution in [0.15, 0.2) is 175 Å². The molecule has 3 aliphatic rings. The van der Waals surface area contributed by atoms with Crippen molar-refractivity contribution < 1.29 is 0 Å². The fourth-order valence-corrected chi connectivity index (χ4v) is 6.41. The first kappa shape index (κ1) is 44.1. The van der Waals surface area contributed by atoms with Gasteiger partial charge in [-0.2, -0.15) is 0 Å². The Labute approximate surface area is 337 Å². The van der Waals surface area contributed by atoms with Gasteiger partial charge in [0.15, 0.2) is 0 Å². The minimum atomic E-state index is 0.160. The average molecular weight is 741 g/mol. The Bertz CT molecular complexity index is 2140. The lowest BCUT2D eigenvalue weighted by atomic mass is 10.0. The number of fused-ring (bicyclic) bond motifs is 4. The number of allylic oxidation sites excluding steroid dienone is 12. The van der Waals surface area contributed by atoms with Crippen molar-refractivity contribution in [2.45, 2.75) is 66.8 Å². The Morgan fingerprint density at radius 3 is 2.36 bits per heavy atom. The van der Waals surface area contributed by atoms with Gasteiger partial charge < -0.3 is 15.2 Å². The third-order valence-corrected chi connectivity index (χ3v) is 8.97. The monoisotopic (exact) mass is 740 g/mol. The van der Waals surface area contributed by atoms with Crippen molar-refractivity contribution in [1.29, 1.82) is 0 Å². The second-order valence-corrected chi connectivity index (χ2v) is 12.4. The van der Waals surface area contributed by atoms with Gasteiger partial charge in [0.2, 0.25) is 0 Å². The van der Waals surface area contributed by atoms with Crippen LogP contribution in [0.25, 0.3) is 28.2 Å². The number of nitrogens with one attached hydrogen (secondary N) is 2. The van der Waals surface area contributed by atoms with E-state index in [0.29, 0.717) is 0 Å². The fourth-order valence-electron chi connectivity index (χ4n) is 6.41. The van der Waals surface area contributed by atoms with Crippen molar-refractivity contribution in [1.82, 2.24) is 9.88 Å². The molecule has 0 bridgehead atoms. The van der Waals surface area contributed by atoms with Gasteiger partial charge >= 0.3 is 0 Å². The van der Waals surface area contributed by atoms with Crippen LogP contribution < -0.4 is 10.6 Å². The average Bonchev–Trinajstić information content (AvgIpc) is 3.41. The highest BCUT2D eigenvalue weighted by atomic mass is 15.0. The first-order valence-corrected chi connectivity index (χ1v) is 19.8. The van der Waals surface area contributed by atoms with Crippen LogP contribution >= 0.6 is 0 Å². The summed E-state index contributed by atoms with van der Waals surface area (Å²) in [5, 5.41) is 8.50. The molecule has 0 amide bonds. The molecule has 56 heavy (non-hydrogen) atoms. The number of anilines is 1. The lowest BCUT2D eigenvalue weighted by molar-refractivity contribution is 0.728. The van der Waals surface area contributed by atoms with Gasteiger partial charge in [-0.15, -0.1) is 12.8 Å². The van der Waals surface area contributed by atoms with E-state index >= 15 is 0 Å². The molecule has 2 heterocycles. The van der Waals surface area contributed by atoms with E-state index in [1.807, 2.05) is 46.9 Å². The van der Waals surface area contributed by atoms with Crippen molar-refractivity contribution in [2.75, 3.05) is 11.9 Å². The van der Waals surface area contributed by atoms with Gasteiger partial charge in [-0.05, 0) is 92.3 Å². The number of aliphatic imine (C=N–C) groups is 1. The molecule has 288 valence electrons. The summed E-state index contributed by atoms with van der Waals surface area (Å²) in [6.45, 7) is 16.8. The van der Waals surface area contributed by atoms with Crippen molar-refractivity contribution in [2.24, 2.45) is 4.99 Å². The van der Waals surface area contributed by atoms with Gasteiger partial charge in [0.25, 0.3) is 0 Å². The van der Waals surface area contributed by atoms with E-state index in [-0.39, 0.29) is 6.04 Å². The summed E-state index contributed by atoms with van der Waals surface area (Å²) >= 11 is 0. The molecule has 1 aromatic heterocycles. The summed E-state index contributed by atoms with van der Waals surface area (Å²) in [7, 11) is 0. The second-order valence-electron chi connectivity index (χ2n) is 12.4. The zero-order valence-electron chi connectivity index (χ0n) is 34.3. The van der Waals surface area contributed by atoms with Crippen molar-refractivity contribution in [3.63, 3.8) is 0 Å². The van der Waals surface area contributed by atoms with Crippen molar-refractivity contribution in [3.05, 3.63) is 192 Å². The second kappa shape index (κ2) is 24.9. The number of aromatic nitrogens is 1. The standard InChI is InChI=1S/C25H22N2.C21H24N2.2C2H6.C2H2/c1-3-19(18-26-4-2)20-14-16-21(17-15-20)27-24-12-7-5-6-10-22(24)23-11-8-9-13-25(23)27;1-17-9-8-10-18(15-14-17)23-21-13-4-2-3-7-16-22-20-12-6-5-11-19(20)21;3*1-2/h3-9,11-18H,1,10H2,2H3;3-8,10-15,21-23H,2,9,16H2,1H3;2*1-2H3;1-2H/b19-18+,26-4?;7-3-,13-4-;;;. The Kier molecular flexibility index (Phi) is 19.6. The molecule has 4 heteroatoms. The van der Waals surface area contributed by atoms with Crippen LogP contribution in [-0.4, -0.2) is 17.3 Å². The number of rotatable bonds is 6. The molecule has 2 N–H and O–H groups in total. The lowest BCUT2D eigenvalue weighted by Crippen LogP contribution is -2.20. The molecule has 0 fully saturated rings. The van der Waals surface area contributed by atoms with Crippen LogP contribution in [0.3, 0.4) is 0 Å². The smallest absolute Gasteiger partial charge is 0.0718 e. The van der Waals surface area contributed by atoms with E-state index < -0.39 is 0 Å². The molecule has 0 saturated carbocycles. The Balaban J connectivity index is 0.000000268. The SMILES string of the molecule is C#C.C=C/C(=C\N=CC)c1ccc(-n2c3c(c4ccccc42)CC=CC=C3)cc1.CC.CC.CC1=CC=C(NC2/C=C\C/C=C\CNc3ccccc32)C=CC1. The molecular weight excluding hydrogens is 681 g/mol. The maximum Gasteiger partial charge on any atom is 0.0718 e. The van der Waals surface area contributed by atoms with E-state index in [1.54, 1.807) is 6.21 Å². The van der Waals surface area contributed by atoms with Crippen molar-refractivity contribution in [3.8, 4) is 18.5 Å². The lowest BCUT2D eigenvalue weighted by Gasteiger charge is -2.21. The fraction of sp³-hybridized carbons (Fsp3) is 0.212. The quantitative estimate of drug-likeness (QED) is 0.0894. The zero-order chi connectivity index (χ0) is 40.5. The van der Waals surface area contributed by atoms with Gasteiger partial charge in [-0.25, -0.2) is 0 Å². The van der Waals surface area contributed by atoms with E-state index in [1.165, 1.54) is 39.0 Å². The third kappa shape index (κ3) is 12.1. The van der Waals surface area contributed by atoms with Gasteiger partial charge in [-0.1, -0.05) is 149 Å². The topological polar surface area (TPSA) is 41.4 Å². The largest absolute Gasteiger partial charge is 0.381 e. The van der Waals surface area contributed by atoms with E-state index in [0.717, 1.165) is 48.3 Å². The maximum absolute atomic E-state index is 4.22. The molecule has 0 spiro atoms. The van der Waals surface area contributed by atoms with Gasteiger partial charge in [0, 0.05) is 47.0 Å². The molecule has 0 radical (unpaired) electrons. The van der Waals surface area contributed by atoms with Gasteiger partial charge in [0.05, 0.1) is 17.3 Å². The zero-order valence-corrected chi connectivity index (χ0v) is 34.3. The molecule has 3 aromatic carbocycles. The van der Waals surface area contributed by atoms with E-state index in [2.05, 4.69) is 192 Å². The Morgan fingerprint density at radius 1 is 0.839 bits per heavy atom. The molecule has 7 rings (SSSR count). The number of hydrogen-bond acceptors (Lipinski definition) is 3. The van der Waals surface area contributed by atoms with Gasteiger partial charge in [0.1, 0.15) is 0 Å². The maximum atomic E-state index is 4.22. The van der Waals surface area contributed by atoms with Crippen LogP contribution in [0, 0.1) is 12.8 Å². The van der Waals surface area contributed by atoms with E-state index in [9.17, 15) is 0 Å². The molecule has 1 atom stereocenters. The molecule has 4 aromatic rings. The molecule has 4 nitrogen and oxygen atoms in total. The molecule has 1 aliphatic heterocycles. The molecule has 2 aliphatic carbocycles. The minimum Gasteiger partial charge on any atom is -0.381 e. The number of hydrogen-bond donors (Lipinski definition) is 2. The normalized spacial score (nSPS) is 16.6. The minimum absolute atomic E-state index is 0.160. The number of benzene rings is 3. The van der Waals surface area contributed by atoms with Gasteiger partial charge in [-0.3, -0.25) is 4.99 Å². The highest BCUT2D eigenvalue weighted by molar-refractivity contribution is 5.91. The summed E-state index contributed by atoms with van der Waals surface area (Å²) in [6, 6.07) is 25.9. The summed E-state index contributed by atoms with van der Waals surface area (Å²) in [5.74, 6) is 0. The van der Waals surface area contributed by atoms with Crippen LogP contribution in [-0.2, 0) is 6.42 Å². The molecular formula is C52H60N4. The van der Waals surface area contributed by atoms with Crippen LogP contribution in [0.4, 0.5) is 5.69 Å². The number of terminal acetylenes is 1. The van der Waals surface area contributed by atoms with Crippen LogP contribution in [0.2, 0.25) is 0 Å². The Morgan fingerprint density at radius 2 is 1.59 bits per heavy atom. The summed E-state index contributed by atoms with van der Waals surface area (Å²) < 4.78 is 2.35. The third-order valence-electron chi connectivity index (χ3n) is 8.97. The molecule has 1 unspecified atom stereocenters. The Hall–Kier alpha value is -6.31. The van der Waals surface area contributed by atoms with Crippen LogP contribution in [0.5, 0.6) is 0 Å². The predicted octanol–water partition coefficient (Wildman–Crippen LogP) is 13.7. The van der Waals surface area contributed by atoms with E-state index in [4.69, 9.17) is 0 Å². The summed E-state index contributed by atoms with van der Waals surface area (Å²) in [4.78, 5) is 4.22.